The normalized spacial score (nSPS) is 15.2. The third-order valence-electron chi connectivity index (χ3n) is 9.54. The molecular weight excluding hydrogens is 783 g/mol. The van der Waals surface area contributed by atoms with Crippen molar-refractivity contribution in [2.75, 3.05) is 67.5 Å². The Balaban J connectivity index is 1.36. The van der Waals surface area contributed by atoms with Gasteiger partial charge in [-0.3, -0.25) is 15.0 Å². The Bertz CT molecular complexity index is 2000. The molecule has 2 aromatic carbocycles. The van der Waals surface area contributed by atoms with E-state index in [1.807, 2.05) is 20.8 Å². The number of amides is 4. The number of rotatable bonds is 8. The smallest absolute Gasteiger partial charge is 0.423 e. The van der Waals surface area contributed by atoms with Crippen LogP contribution in [0.4, 0.5) is 48.8 Å². The van der Waals surface area contributed by atoms with Crippen molar-refractivity contribution in [1.29, 1.82) is 0 Å². The summed E-state index contributed by atoms with van der Waals surface area (Å²) >= 11 is 13.3. The highest BCUT2D eigenvalue weighted by Gasteiger charge is 2.43. The number of hydrogen-bond donors (Lipinski definition) is 1. The number of nitro groups is 1. The standard InChI is InChI=1S/C38H48Cl2N8O9/c1-36(2,3)56-34(50)45-15-12-38(13-16-45)14-17-46(21-38)23-10-11-24(25(18-23)48(52)53)43-28-20-29(42-22-41-28)44(7)33(49)47(35(51)57-37(4,5)6)32-30(39)26(54-8)19-27(55-9)31(32)40/h10-11,18-20,22H,12-17,21H2,1-9H3,(H,41,42,43). The van der Waals surface area contributed by atoms with E-state index in [1.54, 1.807) is 37.8 Å². The van der Waals surface area contributed by atoms with E-state index < -0.39 is 28.2 Å². The van der Waals surface area contributed by atoms with Gasteiger partial charge in [-0.25, -0.2) is 24.4 Å². The number of likely N-dealkylation sites (tertiary alicyclic amines) is 1. The Labute approximate surface area is 341 Å². The molecule has 0 aliphatic carbocycles. The first kappa shape index (κ1) is 42.8. The average Bonchev–Trinajstić information content (AvgIpc) is 3.54. The van der Waals surface area contributed by atoms with Gasteiger partial charge in [0.2, 0.25) is 0 Å². The number of urea groups is 1. The molecule has 0 saturated carbocycles. The number of carbonyl (C=O) groups excluding carboxylic acids is 3. The predicted octanol–water partition coefficient (Wildman–Crippen LogP) is 8.68. The lowest BCUT2D eigenvalue weighted by molar-refractivity contribution is -0.383. The molecule has 0 radical (unpaired) electrons. The molecule has 4 amide bonds. The number of benzene rings is 2. The van der Waals surface area contributed by atoms with Gasteiger partial charge in [0.1, 0.15) is 62.1 Å². The Morgan fingerprint density at radius 2 is 1.49 bits per heavy atom. The van der Waals surface area contributed by atoms with Gasteiger partial charge in [0.05, 0.1) is 19.1 Å². The van der Waals surface area contributed by atoms with Crippen molar-refractivity contribution in [3.63, 3.8) is 0 Å². The molecule has 5 rings (SSSR count). The summed E-state index contributed by atoms with van der Waals surface area (Å²) in [5.41, 5.74) is -1.20. The first-order valence-corrected chi connectivity index (χ1v) is 18.9. The fourth-order valence-corrected chi connectivity index (χ4v) is 7.32. The van der Waals surface area contributed by atoms with Crippen molar-refractivity contribution in [1.82, 2.24) is 14.9 Å². The largest absolute Gasteiger partial charge is 0.495 e. The number of nitro benzene ring substituents is 1. The van der Waals surface area contributed by atoms with Crippen molar-refractivity contribution in [3.8, 4) is 11.5 Å². The molecule has 57 heavy (non-hydrogen) atoms. The second-order valence-electron chi connectivity index (χ2n) is 15.9. The summed E-state index contributed by atoms with van der Waals surface area (Å²) in [5, 5.41) is 15.0. The quantitative estimate of drug-likeness (QED) is 0.168. The third-order valence-corrected chi connectivity index (χ3v) is 10.3. The van der Waals surface area contributed by atoms with Crippen LogP contribution in [0.15, 0.2) is 36.7 Å². The van der Waals surface area contributed by atoms with E-state index in [4.69, 9.17) is 42.1 Å². The van der Waals surface area contributed by atoms with Crippen LogP contribution in [0.5, 0.6) is 11.5 Å². The number of hydrogen-bond acceptors (Lipinski definition) is 13. The highest BCUT2D eigenvalue weighted by molar-refractivity contribution is 6.43. The Kier molecular flexibility index (Phi) is 12.5. The Morgan fingerprint density at radius 3 is 2.05 bits per heavy atom. The van der Waals surface area contributed by atoms with Crippen LogP contribution in [0.2, 0.25) is 10.0 Å². The number of nitrogens with one attached hydrogen (secondary N) is 1. The van der Waals surface area contributed by atoms with Crippen LogP contribution in [-0.2, 0) is 9.47 Å². The number of methoxy groups -OCH3 is 2. The van der Waals surface area contributed by atoms with Crippen LogP contribution in [0.3, 0.4) is 0 Å². The van der Waals surface area contributed by atoms with Crippen molar-refractivity contribution in [2.24, 2.45) is 5.41 Å². The van der Waals surface area contributed by atoms with E-state index >= 15 is 0 Å². The molecule has 1 aromatic heterocycles. The molecule has 2 aliphatic rings. The molecule has 0 atom stereocenters. The molecule has 17 nitrogen and oxygen atoms in total. The van der Waals surface area contributed by atoms with E-state index in [-0.39, 0.29) is 61.8 Å². The van der Waals surface area contributed by atoms with Crippen LogP contribution >= 0.6 is 23.2 Å². The number of nitrogens with zero attached hydrogens (tertiary/aromatic N) is 7. The van der Waals surface area contributed by atoms with Gasteiger partial charge in [-0.1, -0.05) is 23.2 Å². The molecule has 2 fully saturated rings. The topological polar surface area (TPSA) is 182 Å². The second-order valence-corrected chi connectivity index (χ2v) is 16.7. The van der Waals surface area contributed by atoms with Gasteiger partial charge in [0.15, 0.2) is 0 Å². The Hall–Kier alpha value is -5.29. The summed E-state index contributed by atoms with van der Waals surface area (Å²) in [6.45, 7) is 13.0. The van der Waals surface area contributed by atoms with E-state index in [0.717, 1.165) is 30.5 Å². The van der Waals surface area contributed by atoms with Crippen molar-refractivity contribution >= 4 is 75.8 Å². The van der Waals surface area contributed by atoms with Crippen LogP contribution < -0.4 is 29.5 Å². The summed E-state index contributed by atoms with van der Waals surface area (Å²) in [7, 11) is 4.05. The molecule has 3 heterocycles. The lowest BCUT2D eigenvalue weighted by atomic mass is 9.78. The van der Waals surface area contributed by atoms with Gasteiger partial charge < -0.3 is 34.1 Å². The number of imide groups is 1. The van der Waals surface area contributed by atoms with Crippen molar-refractivity contribution in [3.05, 3.63) is 56.8 Å². The fourth-order valence-electron chi connectivity index (χ4n) is 6.65. The maximum absolute atomic E-state index is 14.2. The van der Waals surface area contributed by atoms with Gasteiger partial charge in [-0.2, -0.15) is 4.90 Å². The molecule has 1 spiro atoms. The van der Waals surface area contributed by atoms with Crippen LogP contribution in [0.1, 0.15) is 60.8 Å². The van der Waals surface area contributed by atoms with Gasteiger partial charge in [-0.15, -0.1) is 0 Å². The predicted molar refractivity (Wildman–Crippen MR) is 217 cm³/mol. The Morgan fingerprint density at radius 1 is 0.895 bits per heavy atom. The zero-order valence-corrected chi connectivity index (χ0v) is 35.0. The first-order chi connectivity index (χ1) is 26.7. The molecule has 3 aromatic rings. The van der Waals surface area contributed by atoms with Crippen molar-refractivity contribution in [2.45, 2.75) is 72.0 Å². The minimum absolute atomic E-state index is 0.00696. The summed E-state index contributed by atoms with van der Waals surface area (Å²) in [4.78, 5) is 66.4. The minimum atomic E-state index is -1.10. The number of carbonyl (C=O) groups is 3. The maximum atomic E-state index is 14.2. The number of halogens is 2. The monoisotopic (exact) mass is 830 g/mol. The van der Waals surface area contributed by atoms with E-state index in [2.05, 4.69) is 20.2 Å². The van der Waals surface area contributed by atoms with Gasteiger partial charge in [0.25, 0.3) is 5.69 Å². The van der Waals surface area contributed by atoms with Gasteiger partial charge in [-0.05, 0) is 78.4 Å². The number of ether oxygens (including phenoxy) is 4. The zero-order chi connectivity index (χ0) is 42.0. The maximum Gasteiger partial charge on any atom is 0.423 e. The summed E-state index contributed by atoms with van der Waals surface area (Å²) in [5.74, 6) is 0.272. The lowest BCUT2D eigenvalue weighted by Gasteiger charge is -2.39. The number of aromatic nitrogens is 2. The molecule has 2 aliphatic heterocycles. The number of anilines is 5. The molecule has 1 N–H and O–H groups in total. The molecule has 308 valence electrons. The lowest BCUT2D eigenvalue weighted by Crippen LogP contribution is -2.47. The highest BCUT2D eigenvalue weighted by Crippen LogP contribution is 2.47. The van der Waals surface area contributed by atoms with Crippen molar-refractivity contribution < 1.29 is 38.3 Å². The minimum Gasteiger partial charge on any atom is -0.495 e. The zero-order valence-electron chi connectivity index (χ0n) is 33.5. The van der Waals surface area contributed by atoms with E-state index in [1.165, 1.54) is 39.5 Å². The molecule has 0 unspecified atom stereocenters. The van der Waals surface area contributed by atoms with Crippen LogP contribution in [-0.4, -0.2) is 96.7 Å². The van der Waals surface area contributed by atoms with Crippen LogP contribution in [0, 0.1) is 15.5 Å². The second kappa shape index (κ2) is 16.7. The highest BCUT2D eigenvalue weighted by atomic mass is 35.5. The molecule has 2 saturated heterocycles. The third kappa shape index (κ3) is 9.82. The average molecular weight is 832 g/mol. The van der Waals surface area contributed by atoms with Gasteiger partial charge >= 0.3 is 18.2 Å². The first-order valence-electron chi connectivity index (χ1n) is 18.2. The SMILES string of the molecule is COc1cc(OC)c(Cl)c(N(C(=O)OC(C)(C)C)C(=O)N(C)c2cc(Nc3ccc(N4CCC5(CCN(C(=O)OC(C)(C)C)CC5)C4)cc3[N+](=O)[O-])ncn2)c1Cl. The van der Waals surface area contributed by atoms with Crippen LogP contribution in [0.25, 0.3) is 0 Å². The molecule has 0 bridgehead atoms. The van der Waals surface area contributed by atoms with E-state index in [9.17, 15) is 24.5 Å². The molecular formula is C38H48Cl2N8O9. The van der Waals surface area contributed by atoms with Gasteiger partial charge in [0, 0.05) is 57.1 Å². The molecule has 19 heteroatoms. The van der Waals surface area contributed by atoms with E-state index in [0.29, 0.717) is 36.8 Å². The fraction of sp³-hybridized carbons (Fsp3) is 0.500. The summed E-state index contributed by atoms with van der Waals surface area (Å²) in [6, 6.07) is 6.74. The summed E-state index contributed by atoms with van der Waals surface area (Å²) in [6.07, 6.45) is 2.25. The summed E-state index contributed by atoms with van der Waals surface area (Å²) < 4.78 is 21.8. The number of piperidine rings is 1.